The summed E-state index contributed by atoms with van der Waals surface area (Å²) in [6.45, 7) is 12.6. The van der Waals surface area contributed by atoms with Crippen LogP contribution in [0.15, 0.2) is 54.9 Å². The Hall–Kier alpha value is -2.53. The van der Waals surface area contributed by atoms with Crippen LogP contribution in [0, 0.1) is 12.7 Å². The molecule has 0 aromatic heterocycles. The first kappa shape index (κ1) is 22.2. The highest BCUT2D eigenvalue weighted by atomic mass is 19.1. The van der Waals surface area contributed by atoms with Gasteiger partial charge < -0.3 is 20.3 Å². The summed E-state index contributed by atoms with van der Waals surface area (Å²) in [7, 11) is 0. The predicted octanol–water partition coefficient (Wildman–Crippen LogP) is 4.74. The van der Waals surface area contributed by atoms with Crippen molar-refractivity contribution in [3.8, 4) is 5.75 Å². The van der Waals surface area contributed by atoms with Gasteiger partial charge in [-0.25, -0.2) is 4.39 Å². The topological polar surface area (TPSA) is 36.5 Å². The Labute approximate surface area is 180 Å². The van der Waals surface area contributed by atoms with Gasteiger partial charge in [0.05, 0.1) is 12.4 Å². The average Bonchev–Trinajstić information content (AvgIpc) is 2.77. The molecule has 0 radical (unpaired) electrons. The van der Waals surface area contributed by atoms with Crippen LogP contribution in [0.25, 0.3) is 0 Å². The highest BCUT2D eigenvalue weighted by Crippen LogP contribution is 2.22. The number of benzene rings is 2. The van der Waals surface area contributed by atoms with Gasteiger partial charge in [0.25, 0.3) is 0 Å². The van der Waals surface area contributed by atoms with Crippen molar-refractivity contribution in [2.24, 2.45) is 0 Å². The van der Waals surface area contributed by atoms with Gasteiger partial charge in [-0.2, -0.15) is 0 Å². The molecule has 2 aromatic carbocycles. The molecule has 1 heterocycles. The molecule has 2 N–H and O–H groups in total. The molecule has 0 amide bonds. The van der Waals surface area contributed by atoms with Crippen molar-refractivity contribution in [1.29, 1.82) is 0 Å². The summed E-state index contributed by atoms with van der Waals surface area (Å²) in [4.78, 5) is 2.35. The monoisotopic (exact) mass is 411 g/mol. The summed E-state index contributed by atoms with van der Waals surface area (Å²) in [6.07, 6.45) is 3.15. The number of rotatable bonds is 10. The number of aryl methyl sites for hydroxylation is 1. The lowest BCUT2D eigenvalue weighted by molar-refractivity contribution is 0.187. The molecule has 0 saturated carbocycles. The molecule has 0 bridgehead atoms. The summed E-state index contributed by atoms with van der Waals surface area (Å²) >= 11 is 0. The molecule has 0 atom stereocenters. The van der Waals surface area contributed by atoms with Crippen LogP contribution < -0.4 is 15.4 Å². The van der Waals surface area contributed by atoms with Crippen molar-refractivity contribution in [2.45, 2.75) is 52.2 Å². The third-order valence-corrected chi connectivity index (χ3v) is 5.63. The van der Waals surface area contributed by atoms with Crippen LogP contribution in [0.2, 0.25) is 0 Å². The van der Waals surface area contributed by atoms with E-state index in [1.807, 2.05) is 25.1 Å². The van der Waals surface area contributed by atoms with Crippen LogP contribution in [-0.2, 0) is 13.1 Å². The largest absolute Gasteiger partial charge is 0.494 e. The number of piperidine rings is 1. The van der Waals surface area contributed by atoms with E-state index < -0.39 is 0 Å². The lowest BCUT2D eigenvalue weighted by Crippen LogP contribution is -2.44. The van der Waals surface area contributed by atoms with Crippen LogP contribution in [0.5, 0.6) is 5.75 Å². The van der Waals surface area contributed by atoms with Crippen molar-refractivity contribution in [3.63, 3.8) is 0 Å². The molecule has 0 spiro atoms. The lowest BCUT2D eigenvalue weighted by Gasteiger charge is -2.38. The van der Waals surface area contributed by atoms with Crippen molar-refractivity contribution >= 4 is 0 Å². The molecular weight excluding hydrogens is 377 g/mol. The molecule has 30 heavy (non-hydrogen) atoms. The predicted molar refractivity (Wildman–Crippen MR) is 121 cm³/mol. The summed E-state index contributed by atoms with van der Waals surface area (Å²) in [6, 6.07) is 13.7. The fourth-order valence-electron chi connectivity index (χ4n) is 3.81. The third-order valence-electron chi connectivity index (χ3n) is 5.63. The molecule has 0 unspecified atom stereocenters. The molecule has 4 nitrogen and oxygen atoms in total. The van der Waals surface area contributed by atoms with Crippen LogP contribution in [0.3, 0.4) is 0 Å². The first-order valence-electron chi connectivity index (χ1n) is 10.9. The molecule has 2 aromatic rings. The molecule has 1 aliphatic rings. The molecule has 1 fully saturated rings. The van der Waals surface area contributed by atoms with E-state index in [4.69, 9.17) is 4.74 Å². The minimum Gasteiger partial charge on any atom is -0.494 e. The standard InChI is InChI=1S/C25H34FN3O/c1-4-15-30-25-9-5-21(6-10-25)17-28-20(3)29(24-11-13-27-14-12-24)18-22-7-8-23(26)16-19(22)2/h5-10,16,24,27-28H,3-4,11-15,17-18H2,1-2H3. The molecule has 1 aliphatic heterocycles. The second-order valence-electron chi connectivity index (χ2n) is 7.97. The zero-order valence-electron chi connectivity index (χ0n) is 18.2. The number of hydrogen-bond donors (Lipinski definition) is 2. The average molecular weight is 412 g/mol. The maximum Gasteiger partial charge on any atom is 0.123 e. The van der Waals surface area contributed by atoms with Crippen LogP contribution in [0.1, 0.15) is 42.9 Å². The fraction of sp³-hybridized carbons (Fsp3) is 0.440. The van der Waals surface area contributed by atoms with Crippen molar-refractivity contribution < 1.29 is 9.13 Å². The number of nitrogens with zero attached hydrogens (tertiary/aromatic N) is 1. The normalized spacial score (nSPS) is 14.4. The summed E-state index contributed by atoms with van der Waals surface area (Å²) < 4.78 is 19.2. The van der Waals surface area contributed by atoms with E-state index in [-0.39, 0.29) is 5.82 Å². The molecule has 162 valence electrons. The van der Waals surface area contributed by atoms with Gasteiger partial charge in [-0.15, -0.1) is 0 Å². The number of halogens is 1. The van der Waals surface area contributed by atoms with E-state index in [0.717, 1.165) is 68.2 Å². The summed E-state index contributed by atoms with van der Waals surface area (Å²) in [5.41, 5.74) is 3.29. The quantitative estimate of drug-likeness (QED) is 0.592. The van der Waals surface area contributed by atoms with E-state index in [0.29, 0.717) is 12.6 Å². The first-order chi connectivity index (χ1) is 14.6. The van der Waals surface area contributed by atoms with Gasteiger partial charge in [-0.1, -0.05) is 31.7 Å². The van der Waals surface area contributed by atoms with Gasteiger partial charge in [0.1, 0.15) is 11.6 Å². The molecular formula is C25H34FN3O. The number of ether oxygens (including phenoxy) is 1. The second-order valence-corrected chi connectivity index (χ2v) is 7.97. The second kappa shape index (κ2) is 11.0. The smallest absolute Gasteiger partial charge is 0.123 e. The first-order valence-corrected chi connectivity index (χ1v) is 10.9. The highest BCUT2D eigenvalue weighted by molar-refractivity contribution is 5.28. The van der Waals surface area contributed by atoms with E-state index in [1.54, 1.807) is 12.1 Å². The minimum atomic E-state index is -0.187. The summed E-state index contributed by atoms with van der Waals surface area (Å²) in [5.74, 6) is 1.63. The van der Waals surface area contributed by atoms with Crippen LogP contribution >= 0.6 is 0 Å². The Morgan fingerprint density at radius 3 is 2.60 bits per heavy atom. The Kier molecular flexibility index (Phi) is 8.14. The molecule has 0 aliphatic carbocycles. The van der Waals surface area contributed by atoms with Gasteiger partial charge in [0.2, 0.25) is 0 Å². The third kappa shape index (κ3) is 6.23. The van der Waals surface area contributed by atoms with E-state index in [9.17, 15) is 4.39 Å². The Balaban J connectivity index is 1.65. The maximum absolute atomic E-state index is 13.5. The van der Waals surface area contributed by atoms with E-state index in [2.05, 4.69) is 41.2 Å². The maximum atomic E-state index is 13.5. The van der Waals surface area contributed by atoms with Gasteiger partial charge in [-0.05, 0) is 80.2 Å². The molecule has 5 heteroatoms. The van der Waals surface area contributed by atoms with Crippen molar-refractivity contribution in [1.82, 2.24) is 15.5 Å². The van der Waals surface area contributed by atoms with Gasteiger partial charge >= 0.3 is 0 Å². The van der Waals surface area contributed by atoms with Crippen molar-refractivity contribution in [2.75, 3.05) is 19.7 Å². The van der Waals surface area contributed by atoms with E-state index in [1.165, 1.54) is 5.56 Å². The van der Waals surface area contributed by atoms with Crippen LogP contribution in [-0.4, -0.2) is 30.6 Å². The van der Waals surface area contributed by atoms with Gasteiger partial charge in [0.15, 0.2) is 0 Å². The van der Waals surface area contributed by atoms with E-state index >= 15 is 0 Å². The highest BCUT2D eigenvalue weighted by Gasteiger charge is 2.23. The lowest BCUT2D eigenvalue weighted by atomic mass is 10.0. The zero-order valence-corrected chi connectivity index (χ0v) is 18.2. The Morgan fingerprint density at radius 1 is 1.20 bits per heavy atom. The minimum absolute atomic E-state index is 0.187. The van der Waals surface area contributed by atoms with Gasteiger partial charge in [0, 0.05) is 19.1 Å². The molecule has 3 rings (SSSR count). The van der Waals surface area contributed by atoms with Gasteiger partial charge in [-0.3, -0.25) is 0 Å². The number of hydrogen-bond acceptors (Lipinski definition) is 4. The SMILES string of the molecule is C=C(NCc1ccc(OCCC)cc1)N(Cc1ccc(F)cc1C)C1CCNCC1. The zero-order chi connectivity index (χ0) is 21.3. The summed E-state index contributed by atoms with van der Waals surface area (Å²) in [5, 5.41) is 6.94. The Morgan fingerprint density at radius 2 is 1.93 bits per heavy atom. The molecule has 1 saturated heterocycles. The van der Waals surface area contributed by atoms with Crippen LogP contribution in [0.4, 0.5) is 4.39 Å². The fourth-order valence-corrected chi connectivity index (χ4v) is 3.81. The Bertz CT molecular complexity index is 816. The number of nitrogens with one attached hydrogen (secondary N) is 2. The van der Waals surface area contributed by atoms with Crippen molar-refractivity contribution in [3.05, 3.63) is 77.4 Å².